The highest BCUT2D eigenvalue weighted by Gasteiger charge is 2.18. The third-order valence-corrected chi connectivity index (χ3v) is 4.42. The lowest BCUT2D eigenvalue weighted by molar-refractivity contribution is 0.278. The molecule has 1 aromatic carbocycles. The molecule has 2 aromatic rings. The van der Waals surface area contributed by atoms with Crippen LogP contribution in [0, 0.1) is 0 Å². The van der Waals surface area contributed by atoms with Gasteiger partial charge in [0.15, 0.2) is 0 Å². The fourth-order valence-corrected chi connectivity index (χ4v) is 3.58. The van der Waals surface area contributed by atoms with Gasteiger partial charge in [-0.1, -0.05) is 24.3 Å². The molecule has 1 aliphatic heterocycles. The minimum Gasteiger partial charge on any atom is -0.315 e. The molecular weight excluding hydrogens is 240 g/mol. The van der Waals surface area contributed by atoms with Crippen LogP contribution in [0.15, 0.2) is 36.4 Å². The van der Waals surface area contributed by atoms with E-state index in [1.54, 1.807) is 0 Å². The third kappa shape index (κ3) is 2.48. The van der Waals surface area contributed by atoms with Crippen LogP contribution in [0.25, 0.3) is 0 Å². The van der Waals surface area contributed by atoms with Gasteiger partial charge in [-0.2, -0.15) is 0 Å². The number of fused-ring (bicyclic) bond motifs is 1. The number of hydrogen-bond donors (Lipinski definition) is 1. The van der Waals surface area contributed by atoms with Crippen molar-refractivity contribution in [1.29, 1.82) is 0 Å². The van der Waals surface area contributed by atoms with Crippen molar-refractivity contribution >= 4 is 11.3 Å². The molecule has 0 aliphatic carbocycles. The maximum absolute atomic E-state index is 3.20. The van der Waals surface area contributed by atoms with Gasteiger partial charge in [0.2, 0.25) is 0 Å². The fraction of sp³-hybridized carbons (Fsp3) is 0.333. The molecule has 0 saturated heterocycles. The van der Waals surface area contributed by atoms with E-state index in [9.17, 15) is 0 Å². The molecule has 2 heterocycles. The standard InChI is InChI=1S/C15H18N2S/c1-16-8-14-6-7-15(18-14)11-17-9-12-4-2-3-5-13(12)10-17/h2-7,16H,8-11H2,1H3. The summed E-state index contributed by atoms with van der Waals surface area (Å²) >= 11 is 1.92. The van der Waals surface area contributed by atoms with Crippen molar-refractivity contribution in [3.8, 4) is 0 Å². The van der Waals surface area contributed by atoms with E-state index in [0.717, 1.165) is 26.2 Å². The minimum absolute atomic E-state index is 0.977. The van der Waals surface area contributed by atoms with E-state index in [1.807, 2.05) is 18.4 Å². The van der Waals surface area contributed by atoms with Gasteiger partial charge >= 0.3 is 0 Å². The molecule has 0 bridgehead atoms. The predicted molar refractivity (Wildman–Crippen MR) is 76.5 cm³/mol. The number of nitrogens with one attached hydrogen (secondary N) is 1. The van der Waals surface area contributed by atoms with E-state index in [0.29, 0.717) is 0 Å². The SMILES string of the molecule is CNCc1ccc(CN2Cc3ccccc3C2)s1. The van der Waals surface area contributed by atoms with Crippen LogP contribution in [0.5, 0.6) is 0 Å². The van der Waals surface area contributed by atoms with Crippen molar-refractivity contribution in [1.82, 2.24) is 10.2 Å². The molecule has 0 atom stereocenters. The summed E-state index contributed by atoms with van der Waals surface area (Å²) in [7, 11) is 2.00. The number of nitrogens with zero attached hydrogens (tertiary/aromatic N) is 1. The maximum atomic E-state index is 3.20. The molecular formula is C15H18N2S. The summed E-state index contributed by atoms with van der Waals surface area (Å²) in [6.45, 7) is 4.23. The zero-order chi connectivity index (χ0) is 12.4. The average Bonchev–Trinajstić information content (AvgIpc) is 2.96. The van der Waals surface area contributed by atoms with Gasteiger partial charge in [-0.05, 0) is 30.3 Å². The van der Waals surface area contributed by atoms with Gasteiger partial charge in [0.05, 0.1) is 0 Å². The summed E-state index contributed by atoms with van der Waals surface area (Å²) in [5.74, 6) is 0. The Morgan fingerprint density at radius 1 is 1.06 bits per heavy atom. The van der Waals surface area contributed by atoms with Crippen LogP contribution < -0.4 is 5.32 Å². The second kappa shape index (κ2) is 5.22. The summed E-state index contributed by atoms with van der Waals surface area (Å²) in [6.07, 6.45) is 0. The molecule has 2 nitrogen and oxygen atoms in total. The van der Waals surface area contributed by atoms with Gasteiger partial charge in [0.25, 0.3) is 0 Å². The predicted octanol–water partition coefficient (Wildman–Crippen LogP) is 2.98. The third-order valence-electron chi connectivity index (χ3n) is 3.35. The van der Waals surface area contributed by atoms with Crippen LogP contribution in [-0.2, 0) is 26.2 Å². The van der Waals surface area contributed by atoms with Gasteiger partial charge in [-0.15, -0.1) is 11.3 Å². The molecule has 18 heavy (non-hydrogen) atoms. The van der Waals surface area contributed by atoms with Crippen LogP contribution in [0.1, 0.15) is 20.9 Å². The Bertz CT molecular complexity index is 508. The van der Waals surface area contributed by atoms with Crippen molar-refractivity contribution < 1.29 is 0 Å². The first-order valence-electron chi connectivity index (χ1n) is 6.36. The topological polar surface area (TPSA) is 15.3 Å². The van der Waals surface area contributed by atoms with Gasteiger partial charge in [-0.25, -0.2) is 0 Å². The highest BCUT2D eigenvalue weighted by Crippen LogP contribution is 2.26. The van der Waals surface area contributed by atoms with Crippen molar-refractivity contribution in [2.45, 2.75) is 26.2 Å². The van der Waals surface area contributed by atoms with E-state index in [-0.39, 0.29) is 0 Å². The van der Waals surface area contributed by atoms with Crippen LogP contribution in [0.4, 0.5) is 0 Å². The van der Waals surface area contributed by atoms with Crippen LogP contribution in [0.2, 0.25) is 0 Å². The second-order valence-electron chi connectivity index (χ2n) is 4.81. The number of thiophene rings is 1. The zero-order valence-electron chi connectivity index (χ0n) is 10.6. The summed E-state index contributed by atoms with van der Waals surface area (Å²) in [6, 6.07) is 13.3. The van der Waals surface area contributed by atoms with Crippen molar-refractivity contribution in [2.24, 2.45) is 0 Å². The molecule has 1 aromatic heterocycles. The van der Waals surface area contributed by atoms with Gasteiger partial charge in [0.1, 0.15) is 0 Å². The summed E-state index contributed by atoms with van der Waals surface area (Å²) in [4.78, 5) is 5.40. The highest BCUT2D eigenvalue weighted by atomic mass is 32.1. The first kappa shape index (κ1) is 11.9. The summed E-state index contributed by atoms with van der Waals surface area (Å²) in [5, 5.41) is 3.20. The fourth-order valence-electron chi connectivity index (χ4n) is 2.51. The maximum Gasteiger partial charge on any atom is 0.0335 e. The largest absolute Gasteiger partial charge is 0.315 e. The Hall–Kier alpha value is -1.16. The normalized spacial score (nSPS) is 14.9. The Morgan fingerprint density at radius 3 is 2.39 bits per heavy atom. The van der Waals surface area contributed by atoms with Crippen molar-refractivity contribution in [3.63, 3.8) is 0 Å². The number of rotatable bonds is 4. The molecule has 0 saturated carbocycles. The van der Waals surface area contributed by atoms with Gasteiger partial charge in [0, 0.05) is 35.9 Å². The lowest BCUT2D eigenvalue weighted by atomic mass is 10.1. The monoisotopic (exact) mass is 258 g/mol. The zero-order valence-corrected chi connectivity index (χ0v) is 11.5. The summed E-state index contributed by atoms with van der Waals surface area (Å²) in [5.41, 5.74) is 2.98. The summed E-state index contributed by atoms with van der Waals surface area (Å²) < 4.78 is 0. The highest BCUT2D eigenvalue weighted by molar-refractivity contribution is 7.11. The Kier molecular flexibility index (Phi) is 3.46. The molecule has 0 fully saturated rings. The molecule has 3 rings (SSSR count). The second-order valence-corrected chi connectivity index (χ2v) is 6.07. The molecule has 0 amide bonds. The van der Waals surface area contributed by atoms with E-state index in [2.05, 4.69) is 46.6 Å². The smallest absolute Gasteiger partial charge is 0.0335 e. The van der Waals surface area contributed by atoms with E-state index < -0.39 is 0 Å². The minimum atomic E-state index is 0.977. The Labute approximate surface area is 112 Å². The van der Waals surface area contributed by atoms with Crippen molar-refractivity contribution in [2.75, 3.05) is 7.05 Å². The Morgan fingerprint density at radius 2 is 1.72 bits per heavy atom. The lowest BCUT2D eigenvalue weighted by Gasteiger charge is -2.12. The molecule has 94 valence electrons. The first-order chi connectivity index (χ1) is 8.85. The molecule has 1 aliphatic rings. The molecule has 0 radical (unpaired) electrons. The van der Waals surface area contributed by atoms with Gasteiger partial charge < -0.3 is 5.32 Å². The Balaban J connectivity index is 1.65. The van der Waals surface area contributed by atoms with Gasteiger partial charge in [-0.3, -0.25) is 4.90 Å². The molecule has 3 heteroatoms. The quantitative estimate of drug-likeness (QED) is 0.907. The lowest BCUT2D eigenvalue weighted by Crippen LogP contribution is -2.14. The van der Waals surface area contributed by atoms with E-state index in [4.69, 9.17) is 0 Å². The van der Waals surface area contributed by atoms with Crippen LogP contribution >= 0.6 is 11.3 Å². The number of hydrogen-bond acceptors (Lipinski definition) is 3. The first-order valence-corrected chi connectivity index (χ1v) is 7.18. The van der Waals surface area contributed by atoms with E-state index in [1.165, 1.54) is 20.9 Å². The molecule has 0 unspecified atom stereocenters. The molecule has 0 spiro atoms. The number of benzene rings is 1. The van der Waals surface area contributed by atoms with Crippen LogP contribution in [0.3, 0.4) is 0 Å². The van der Waals surface area contributed by atoms with E-state index >= 15 is 0 Å². The van der Waals surface area contributed by atoms with Crippen molar-refractivity contribution in [3.05, 3.63) is 57.3 Å². The molecule has 1 N–H and O–H groups in total. The average molecular weight is 258 g/mol. The van der Waals surface area contributed by atoms with Crippen LogP contribution in [-0.4, -0.2) is 11.9 Å².